The molecule has 7 heteroatoms. The SMILES string of the molecule is NC(N)=NCCCC(NC(=O)c1cccc(C(c2ccccc2)c2ccccc2)c1)C(=O)O. The van der Waals surface area contributed by atoms with Crippen molar-refractivity contribution in [2.45, 2.75) is 24.8 Å². The number of carbonyl (C=O) groups excluding carboxylic acids is 1. The van der Waals surface area contributed by atoms with Crippen molar-refractivity contribution < 1.29 is 14.7 Å². The Balaban J connectivity index is 1.82. The van der Waals surface area contributed by atoms with Gasteiger partial charge in [-0.25, -0.2) is 4.79 Å². The second-order valence-corrected chi connectivity index (χ2v) is 7.69. The summed E-state index contributed by atoms with van der Waals surface area (Å²) in [5, 5.41) is 12.1. The number of nitrogens with two attached hydrogens (primary N) is 2. The van der Waals surface area contributed by atoms with E-state index >= 15 is 0 Å². The fourth-order valence-corrected chi connectivity index (χ4v) is 3.73. The van der Waals surface area contributed by atoms with Crippen molar-refractivity contribution in [3.63, 3.8) is 0 Å². The van der Waals surface area contributed by atoms with E-state index in [0.717, 1.165) is 16.7 Å². The molecule has 0 aliphatic heterocycles. The van der Waals surface area contributed by atoms with Crippen molar-refractivity contribution in [2.24, 2.45) is 16.5 Å². The topological polar surface area (TPSA) is 131 Å². The van der Waals surface area contributed by atoms with E-state index in [1.54, 1.807) is 6.07 Å². The molecule has 33 heavy (non-hydrogen) atoms. The van der Waals surface area contributed by atoms with Crippen molar-refractivity contribution in [3.05, 3.63) is 107 Å². The zero-order chi connectivity index (χ0) is 23.6. The Hall–Kier alpha value is -4.13. The Morgan fingerprint density at radius 3 is 1.97 bits per heavy atom. The third kappa shape index (κ3) is 6.67. The van der Waals surface area contributed by atoms with E-state index in [0.29, 0.717) is 18.5 Å². The van der Waals surface area contributed by atoms with Crippen molar-refractivity contribution in [3.8, 4) is 0 Å². The summed E-state index contributed by atoms with van der Waals surface area (Å²) in [4.78, 5) is 28.4. The third-order valence-corrected chi connectivity index (χ3v) is 5.30. The molecular formula is C26H28N4O3. The normalized spacial score (nSPS) is 11.5. The van der Waals surface area contributed by atoms with Gasteiger partial charge in [0, 0.05) is 18.0 Å². The second kappa shape index (κ2) is 11.5. The number of hydrogen-bond acceptors (Lipinski definition) is 3. The van der Waals surface area contributed by atoms with E-state index in [1.807, 2.05) is 54.6 Å². The van der Waals surface area contributed by atoms with Gasteiger partial charge in [0.25, 0.3) is 5.91 Å². The predicted octanol–water partition coefficient (Wildman–Crippen LogP) is 3.10. The minimum absolute atomic E-state index is 0.0471. The molecule has 6 N–H and O–H groups in total. The molecule has 0 saturated heterocycles. The van der Waals surface area contributed by atoms with Crippen molar-refractivity contribution >= 4 is 17.8 Å². The van der Waals surface area contributed by atoms with Crippen molar-refractivity contribution in [2.75, 3.05) is 6.54 Å². The molecule has 0 radical (unpaired) electrons. The number of aliphatic imine (C=N–C) groups is 1. The summed E-state index contributed by atoms with van der Waals surface area (Å²) >= 11 is 0. The van der Waals surface area contributed by atoms with Crippen LogP contribution >= 0.6 is 0 Å². The molecule has 0 spiro atoms. The molecule has 0 bridgehead atoms. The van der Waals surface area contributed by atoms with Crippen LogP contribution in [0.5, 0.6) is 0 Å². The van der Waals surface area contributed by atoms with Gasteiger partial charge in [-0.2, -0.15) is 0 Å². The van der Waals surface area contributed by atoms with Gasteiger partial charge < -0.3 is 21.9 Å². The minimum atomic E-state index is -1.10. The first-order valence-electron chi connectivity index (χ1n) is 10.7. The maximum atomic E-state index is 12.9. The molecule has 0 aliphatic carbocycles. The molecular weight excluding hydrogens is 416 g/mol. The molecule has 7 nitrogen and oxygen atoms in total. The summed E-state index contributed by atoms with van der Waals surface area (Å²) in [5.41, 5.74) is 14.1. The van der Waals surface area contributed by atoms with Crippen LogP contribution in [0.2, 0.25) is 0 Å². The van der Waals surface area contributed by atoms with Crippen LogP contribution in [-0.4, -0.2) is 35.5 Å². The van der Waals surface area contributed by atoms with E-state index in [4.69, 9.17) is 11.5 Å². The summed E-state index contributed by atoms with van der Waals surface area (Å²) < 4.78 is 0. The highest BCUT2D eigenvalue weighted by molar-refractivity contribution is 5.96. The van der Waals surface area contributed by atoms with Crippen molar-refractivity contribution in [1.29, 1.82) is 0 Å². The molecule has 3 aromatic carbocycles. The Morgan fingerprint density at radius 1 is 0.848 bits per heavy atom. The zero-order valence-corrected chi connectivity index (χ0v) is 18.2. The van der Waals surface area contributed by atoms with E-state index in [-0.39, 0.29) is 18.3 Å². The molecule has 3 rings (SSSR count). The molecule has 0 aromatic heterocycles. The number of benzene rings is 3. The highest BCUT2D eigenvalue weighted by Gasteiger charge is 2.22. The molecule has 0 fully saturated rings. The van der Waals surface area contributed by atoms with E-state index < -0.39 is 17.9 Å². The van der Waals surface area contributed by atoms with Gasteiger partial charge in [0.1, 0.15) is 6.04 Å². The molecule has 1 atom stereocenters. The summed E-state index contributed by atoms with van der Waals surface area (Å²) in [6, 6.07) is 26.4. The van der Waals surface area contributed by atoms with Crippen LogP contribution in [0, 0.1) is 0 Å². The number of amides is 1. The molecule has 1 amide bonds. The number of aliphatic carboxylic acids is 1. The number of nitrogens with zero attached hydrogens (tertiary/aromatic N) is 1. The molecule has 0 aliphatic rings. The van der Waals surface area contributed by atoms with Gasteiger partial charge in [-0.05, 0) is 41.7 Å². The number of carbonyl (C=O) groups is 2. The number of carboxylic acids is 1. The molecule has 170 valence electrons. The fraction of sp³-hybridized carbons (Fsp3) is 0.192. The quantitative estimate of drug-likeness (QED) is 0.165. The summed E-state index contributed by atoms with van der Waals surface area (Å²) in [5.74, 6) is -1.65. The number of guanidine groups is 1. The monoisotopic (exact) mass is 444 g/mol. The van der Waals surface area contributed by atoms with E-state index in [1.165, 1.54) is 0 Å². The fourth-order valence-electron chi connectivity index (χ4n) is 3.73. The largest absolute Gasteiger partial charge is 0.480 e. The number of hydrogen-bond donors (Lipinski definition) is 4. The number of nitrogens with one attached hydrogen (secondary N) is 1. The first kappa shape index (κ1) is 23.5. The lowest BCUT2D eigenvalue weighted by Crippen LogP contribution is -2.41. The Labute approximate surface area is 193 Å². The maximum absolute atomic E-state index is 12.9. The van der Waals surface area contributed by atoms with Crippen LogP contribution in [0.1, 0.15) is 45.8 Å². The Morgan fingerprint density at radius 2 is 1.42 bits per heavy atom. The predicted molar refractivity (Wildman–Crippen MR) is 129 cm³/mol. The Kier molecular flexibility index (Phi) is 8.18. The smallest absolute Gasteiger partial charge is 0.326 e. The van der Waals surface area contributed by atoms with Gasteiger partial charge >= 0.3 is 5.97 Å². The summed E-state index contributed by atoms with van der Waals surface area (Å²) in [6.07, 6.45) is 0.646. The lowest BCUT2D eigenvalue weighted by Gasteiger charge is -2.20. The molecule has 1 unspecified atom stereocenters. The summed E-state index contributed by atoms with van der Waals surface area (Å²) in [7, 11) is 0. The van der Waals surface area contributed by atoms with Gasteiger partial charge in [0.2, 0.25) is 0 Å². The average molecular weight is 445 g/mol. The second-order valence-electron chi connectivity index (χ2n) is 7.69. The third-order valence-electron chi connectivity index (χ3n) is 5.30. The van der Waals surface area contributed by atoms with Gasteiger partial charge in [0.15, 0.2) is 5.96 Å². The number of rotatable bonds is 10. The first-order valence-corrected chi connectivity index (χ1v) is 10.7. The highest BCUT2D eigenvalue weighted by Crippen LogP contribution is 2.32. The average Bonchev–Trinajstić information content (AvgIpc) is 2.82. The Bertz CT molecular complexity index is 1060. The van der Waals surface area contributed by atoms with Gasteiger partial charge in [0.05, 0.1) is 0 Å². The first-order chi connectivity index (χ1) is 16.0. The summed E-state index contributed by atoms with van der Waals surface area (Å²) in [6.45, 7) is 0.299. The molecule has 0 heterocycles. The van der Waals surface area contributed by atoms with E-state index in [9.17, 15) is 14.7 Å². The van der Waals surface area contributed by atoms with Crippen LogP contribution < -0.4 is 16.8 Å². The lowest BCUT2D eigenvalue weighted by molar-refractivity contribution is -0.139. The maximum Gasteiger partial charge on any atom is 0.326 e. The standard InChI is InChI=1S/C26H28N4O3/c27-26(28)29-16-8-15-22(25(32)33)30-24(31)21-14-7-13-20(17-21)23(18-9-3-1-4-10-18)19-11-5-2-6-12-19/h1-7,9-14,17,22-23H,8,15-16H2,(H,30,31)(H,32,33)(H4,27,28,29). The molecule has 3 aromatic rings. The van der Waals surface area contributed by atoms with Crippen LogP contribution in [0.3, 0.4) is 0 Å². The highest BCUT2D eigenvalue weighted by atomic mass is 16.4. The van der Waals surface area contributed by atoms with Crippen LogP contribution in [-0.2, 0) is 4.79 Å². The van der Waals surface area contributed by atoms with Gasteiger partial charge in [-0.15, -0.1) is 0 Å². The van der Waals surface area contributed by atoms with Crippen molar-refractivity contribution in [1.82, 2.24) is 5.32 Å². The van der Waals surface area contributed by atoms with Crippen LogP contribution in [0.4, 0.5) is 0 Å². The lowest BCUT2D eigenvalue weighted by atomic mass is 9.84. The zero-order valence-electron chi connectivity index (χ0n) is 18.2. The van der Waals surface area contributed by atoms with Crippen LogP contribution in [0.25, 0.3) is 0 Å². The number of carboxylic acid groups (broad SMARTS) is 1. The van der Waals surface area contributed by atoms with E-state index in [2.05, 4.69) is 34.6 Å². The minimum Gasteiger partial charge on any atom is -0.480 e. The van der Waals surface area contributed by atoms with Gasteiger partial charge in [-0.1, -0.05) is 72.8 Å². The molecule has 0 saturated carbocycles. The van der Waals surface area contributed by atoms with Gasteiger partial charge in [-0.3, -0.25) is 9.79 Å². The van der Waals surface area contributed by atoms with Crippen LogP contribution in [0.15, 0.2) is 89.9 Å².